The van der Waals surface area contributed by atoms with Crippen LogP contribution >= 0.6 is 0 Å². The van der Waals surface area contributed by atoms with Crippen LogP contribution in [0.25, 0.3) is 10.8 Å². The molecule has 0 saturated carbocycles. The second-order valence-corrected chi connectivity index (χ2v) is 5.63. The van der Waals surface area contributed by atoms with Crippen molar-refractivity contribution in [3.05, 3.63) is 48.9 Å². The minimum atomic E-state index is 0.711. The van der Waals surface area contributed by atoms with E-state index in [0.29, 0.717) is 6.61 Å². The predicted octanol–water partition coefficient (Wildman–Crippen LogP) is 6.17. The number of fused-ring (bicyclic) bond motifs is 1. The van der Waals surface area contributed by atoms with E-state index < -0.39 is 0 Å². The Balaban J connectivity index is 1.64. The minimum Gasteiger partial charge on any atom is -0.493 e. The van der Waals surface area contributed by atoms with Gasteiger partial charge in [0.05, 0.1) is 6.61 Å². The molecule has 2 rings (SSSR count). The summed E-state index contributed by atoms with van der Waals surface area (Å²) in [5, 5.41) is 2.44. The Bertz CT molecular complexity index is 513. The molecular weight excluding hydrogens is 256 g/mol. The molecule has 0 unspecified atom stereocenters. The van der Waals surface area contributed by atoms with Gasteiger partial charge in [0, 0.05) is 5.39 Å². The van der Waals surface area contributed by atoms with E-state index in [0.717, 1.165) is 12.2 Å². The summed E-state index contributed by atoms with van der Waals surface area (Å²) in [5.74, 6) is 0.993. The van der Waals surface area contributed by atoms with Crippen molar-refractivity contribution >= 4 is 10.8 Å². The van der Waals surface area contributed by atoms with E-state index in [1.807, 2.05) is 0 Å². The van der Waals surface area contributed by atoms with Gasteiger partial charge in [0.1, 0.15) is 5.75 Å². The van der Waals surface area contributed by atoms with Crippen LogP contribution in [0.4, 0.5) is 0 Å². The van der Waals surface area contributed by atoms with Gasteiger partial charge in [-0.15, -0.1) is 0 Å². The van der Waals surface area contributed by atoms with E-state index in [9.17, 15) is 0 Å². The zero-order valence-electron chi connectivity index (χ0n) is 13.2. The van der Waals surface area contributed by atoms with Crippen molar-refractivity contribution in [3.63, 3.8) is 0 Å². The number of benzene rings is 2. The van der Waals surface area contributed by atoms with Crippen LogP contribution in [0.2, 0.25) is 0 Å². The third-order valence-electron chi connectivity index (χ3n) is 3.87. The molecule has 0 spiro atoms. The standard InChI is InChI=1S/C20H27O/c1-2-3-4-5-6-7-8-11-17-21-20-16-12-14-18-13-9-10-15-19(18)20/h9-16H,2-8,17H2,1H3. The number of unbranched alkanes of at least 4 members (excludes halogenated alkanes) is 7. The summed E-state index contributed by atoms with van der Waals surface area (Å²) >= 11 is 0. The van der Waals surface area contributed by atoms with Crippen molar-refractivity contribution in [2.75, 3.05) is 6.61 Å². The maximum Gasteiger partial charge on any atom is 0.127 e. The molecule has 0 N–H and O–H groups in total. The van der Waals surface area contributed by atoms with Gasteiger partial charge in [-0.05, 0) is 24.3 Å². The molecule has 0 aromatic heterocycles. The molecular formula is C20H27O. The average molecular weight is 283 g/mol. The van der Waals surface area contributed by atoms with Crippen LogP contribution in [0.15, 0.2) is 42.5 Å². The number of hydrogen-bond donors (Lipinski definition) is 0. The van der Waals surface area contributed by atoms with Gasteiger partial charge in [-0.1, -0.05) is 81.8 Å². The highest BCUT2D eigenvalue weighted by Gasteiger charge is 2.00. The highest BCUT2D eigenvalue weighted by atomic mass is 16.5. The first-order chi connectivity index (χ1) is 10.4. The number of ether oxygens (including phenoxy) is 1. The molecule has 1 heteroatoms. The van der Waals surface area contributed by atoms with Crippen LogP contribution in [0.5, 0.6) is 5.75 Å². The highest BCUT2D eigenvalue weighted by molar-refractivity contribution is 5.88. The lowest BCUT2D eigenvalue weighted by molar-refractivity contribution is 0.347. The van der Waals surface area contributed by atoms with Crippen LogP contribution < -0.4 is 4.74 Å². The zero-order chi connectivity index (χ0) is 14.8. The van der Waals surface area contributed by atoms with E-state index in [1.165, 1.54) is 49.3 Å². The summed E-state index contributed by atoms with van der Waals surface area (Å²) in [6.07, 6.45) is 11.6. The van der Waals surface area contributed by atoms with E-state index in [2.05, 4.69) is 55.8 Å². The van der Waals surface area contributed by atoms with Gasteiger partial charge in [0.15, 0.2) is 0 Å². The van der Waals surface area contributed by atoms with E-state index in [1.54, 1.807) is 0 Å². The third kappa shape index (κ3) is 5.41. The molecule has 0 heterocycles. The van der Waals surface area contributed by atoms with E-state index in [4.69, 9.17) is 4.74 Å². The quantitative estimate of drug-likeness (QED) is 0.473. The van der Waals surface area contributed by atoms with Crippen molar-refractivity contribution in [1.29, 1.82) is 0 Å². The monoisotopic (exact) mass is 283 g/mol. The maximum absolute atomic E-state index is 5.91. The van der Waals surface area contributed by atoms with Crippen LogP contribution in [0.1, 0.15) is 51.9 Å². The second-order valence-electron chi connectivity index (χ2n) is 5.63. The Morgan fingerprint density at radius 3 is 2.52 bits per heavy atom. The van der Waals surface area contributed by atoms with Gasteiger partial charge in [-0.2, -0.15) is 0 Å². The van der Waals surface area contributed by atoms with Crippen LogP contribution in [-0.4, -0.2) is 6.61 Å². The lowest BCUT2D eigenvalue weighted by Crippen LogP contribution is -1.98. The largest absolute Gasteiger partial charge is 0.493 e. The summed E-state index contributed by atoms with van der Waals surface area (Å²) in [4.78, 5) is 0. The van der Waals surface area contributed by atoms with Gasteiger partial charge >= 0.3 is 0 Å². The molecule has 0 amide bonds. The third-order valence-corrected chi connectivity index (χ3v) is 3.87. The smallest absolute Gasteiger partial charge is 0.127 e. The van der Waals surface area contributed by atoms with Gasteiger partial charge < -0.3 is 4.74 Å². The Hall–Kier alpha value is -1.50. The first-order valence-electron chi connectivity index (χ1n) is 8.34. The lowest BCUT2D eigenvalue weighted by Gasteiger charge is -2.09. The molecule has 0 saturated heterocycles. The molecule has 0 aliphatic rings. The molecule has 0 atom stereocenters. The number of rotatable bonds is 10. The Kier molecular flexibility index (Phi) is 7.14. The van der Waals surface area contributed by atoms with Crippen molar-refractivity contribution in [1.82, 2.24) is 0 Å². The first-order valence-corrected chi connectivity index (χ1v) is 8.34. The summed E-state index contributed by atoms with van der Waals surface area (Å²) in [6, 6.07) is 14.6. The Labute approximate surface area is 129 Å². The molecule has 0 aliphatic heterocycles. The topological polar surface area (TPSA) is 9.23 Å². The molecule has 0 aliphatic carbocycles. The summed E-state index contributed by atoms with van der Waals surface area (Å²) in [6.45, 7) is 2.97. The normalized spacial score (nSPS) is 10.9. The maximum atomic E-state index is 5.91. The minimum absolute atomic E-state index is 0.711. The van der Waals surface area contributed by atoms with Crippen molar-refractivity contribution in [2.45, 2.75) is 51.9 Å². The van der Waals surface area contributed by atoms with Crippen LogP contribution in [0, 0.1) is 6.42 Å². The summed E-state index contributed by atoms with van der Waals surface area (Å²) < 4.78 is 5.91. The first kappa shape index (κ1) is 15.9. The molecule has 2 aromatic rings. The Morgan fingerprint density at radius 2 is 1.62 bits per heavy atom. The van der Waals surface area contributed by atoms with Gasteiger partial charge in [-0.25, -0.2) is 0 Å². The number of hydrogen-bond acceptors (Lipinski definition) is 1. The average Bonchev–Trinajstić information content (AvgIpc) is 2.53. The van der Waals surface area contributed by atoms with E-state index in [-0.39, 0.29) is 0 Å². The molecule has 0 bridgehead atoms. The van der Waals surface area contributed by atoms with Crippen LogP contribution in [0.3, 0.4) is 0 Å². The molecule has 113 valence electrons. The van der Waals surface area contributed by atoms with E-state index >= 15 is 0 Å². The molecule has 0 fully saturated rings. The van der Waals surface area contributed by atoms with Crippen LogP contribution in [-0.2, 0) is 0 Å². The summed E-state index contributed by atoms with van der Waals surface area (Å²) in [5.41, 5.74) is 0. The summed E-state index contributed by atoms with van der Waals surface area (Å²) in [7, 11) is 0. The van der Waals surface area contributed by atoms with Crippen molar-refractivity contribution in [2.24, 2.45) is 0 Å². The predicted molar refractivity (Wildman–Crippen MR) is 91.7 cm³/mol. The zero-order valence-corrected chi connectivity index (χ0v) is 13.2. The van der Waals surface area contributed by atoms with Gasteiger partial charge in [0.2, 0.25) is 0 Å². The fourth-order valence-electron chi connectivity index (χ4n) is 2.62. The fourth-order valence-corrected chi connectivity index (χ4v) is 2.62. The van der Waals surface area contributed by atoms with Gasteiger partial charge in [0.25, 0.3) is 0 Å². The molecule has 2 aromatic carbocycles. The molecule has 21 heavy (non-hydrogen) atoms. The fraction of sp³-hybridized carbons (Fsp3) is 0.450. The van der Waals surface area contributed by atoms with Crippen molar-refractivity contribution in [3.8, 4) is 5.75 Å². The SMILES string of the molecule is CCCCCCCC[CH]COc1cccc2ccccc12. The lowest BCUT2D eigenvalue weighted by atomic mass is 10.1. The second kappa shape index (κ2) is 9.44. The molecule has 1 radical (unpaired) electrons. The Morgan fingerprint density at radius 1 is 0.857 bits per heavy atom. The highest BCUT2D eigenvalue weighted by Crippen LogP contribution is 2.25. The van der Waals surface area contributed by atoms with Gasteiger partial charge in [-0.3, -0.25) is 0 Å². The molecule has 1 nitrogen and oxygen atoms in total. The van der Waals surface area contributed by atoms with Crippen molar-refractivity contribution < 1.29 is 4.74 Å².